The van der Waals surface area contributed by atoms with Gasteiger partial charge >= 0.3 is 5.97 Å². The number of aliphatic carboxylic acids is 1. The molecule has 0 saturated carbocycles. The van der Waals surface area contributed by atoms with E-state index in [-0.39, 0.29) is 0 Å². The van der Waals surface area contributed by atoms with E-state index in [2.05, 4.69) is 0 Å². The number of hydrogen-bond donors (Lipinski definition) is 1. The van der Waals surface area contributed by atoms with E-state index in [0.717, 1.165) is 11.1 Å². The van der Waals surface area contributed by atoms with Crippen molar-refractivity contribution >= 4 is 5.97 Å². The Balaban J connectivity index is 2.16. The lowest BCUT2D eigenvalue weighted by Gasteiger charge is -2.39. The van der Waals surface area contributed by atoms with Crippen LogP contribution in [0.15, 0.2) is 54.6 Å². The molecular formula is C16H14O4. The average molecular weight is 270 g/mol. The van der Waals surface area contributed by atoms with E-state index < -0.39 is 17.9 Å². The Morgan fingerprint density at radius 1 is 1.10 bits per heavy atom. The molecule has 0 bridgehead atoms. The Morgan fingerprint density at radius 3 is 2.45 bits per heavy atom. The first-order chi connectivity index (χ1) is 9.61. The minimum Gasteiger partial charge on any atom is -0.477 e. The fourth-order valence-electron chi connectivity index (χ4n) is 2.46. The van der Waals surface area contributed by atoms with Crippen LogP contribution in [0.3, 0.4) is 0 Å². The lowest BCUT2D eigenvalue weighted by atomic mass is 9.86. The van der Waals surface area contributed by atoms with Gasteiger partial charge in [-0.3, -0.25) is 0 Å². The molecule has 20 heavy (non-hydrogen) atoms. The summed E-state index contributed by atoms with van der Waals surface area (Å²) in [5.41, 5.74) is 0.866. The number of para-hydroxylation sites is 1. The zero-order valence-corrected chi connectivity index (χ0v) is 10.9. The monoisotopic (exact) mass is 270 g/mol. The number of benzene rings is 2. The molecule has 2 aromatic rings. The van der Waals surface area contributed by atoms with E-state index in [1.54, 1.807) is 6.07 Å². The number of ether oxygens (including phenoxy) is 2. The van der Waals surface area contributed by atoms with Gasteiger partial charge in [-0.25, -0.2) is 4.79 Å². The van der Waals surface area contributed by atoms with Crippen molar-refractivity contribution in [2.24, 2.45) is 0 Å². The van der Waals surface area contributed by atoms with Gasteiger partial charge in [-0.2, -0.15) is 0 Å². The number of carbonyl (C=O) groups is 1. The molecule has 0 aromatic heterocycles. The fraction of sp³-hybridized carbons (Fsp3) is 0.188. The van der Waals surface area contributed by atoms with Gasteiger partial charge in [0, 0.05) is 5.56 Å². The van der Waals surface area contributed by atoms with Crippen molar-refractivity contribution in [1.82, 2.24) is 0 Å². The molecule has 0 radical (unpaired) electrons. The Kier molecular flexibility index (Phi) is 2.95. The van der Waals surface area contributed by atoms with Crippen LogP contribution < -0.4 is 4.74 Å². The van der Waals surface area contributed by atoms with Crippen molar-refractivity contribution in [3.05, 3.63) is 65.7 Å². The van der Waals surface area contributed by atoms with Crippen LogP contribution in [0.25, 0.3) is 0 Å². The van der Waals surface area contributed by atoms with Crippen molar-refractivity contribution in [2.75, 3.05) is 0 Å². The van der Waals surface area contributed by atoms with Crippen LogP contribution in [-0.4, -0.2) is 17.4 Å². The topological polar surface area (TPSA) is 55.8 Å². The molecule has 0 spiro atoms. The van der Waals surface area contributed by atoms with Crippen molar-refractivity contribution in [1.29, 1.82) is 0 Å². The van der Waals surface area contributed by atoms with E-state index in [4.69, 9.17) is 9.47 Å². The fourth-order valence-corrected chi connectivity index (χ4v) is 2.46. The lowest BCUT2D eigenvalue weighted by Crippen LogP contribution is -2.44. The Morgan fingerprint density at radius 2 is 1.75 bits per heavy atom. The van der Waals surface area contributed by atoms with Crippen molar-refractivity contribution in [3.8, 4) is 5.75 Å². The third-order valence-corrected chi connectivity index (χ3v) is 3.50. The maximum absolute atomic E-state index is 11.2. The second kappa shape index (κ2) is 4.65. The molecule has 2 atom stereocenters. The van der Waals surface area contributed by atoms with Gasteiger partial charge in [0.2, 0.25) is 0 Å². The molecule has 4 nitrogen and oxygen atoms in total. The summed E-state index contributed by atoms with van der Waals surface area (Å²) < 4.78 is 11.1. The first-order valence-corrected chi connectivity index (χ1v) is 6.33. The highest BCUT2D eigenvalue weighted by Crippen LogP contribution is 2.43. The molecular weight excluding hydrogens is 256 g/mol. The second-order valence-corrected chi connectivity index (χ2v) is 4.80. The summed E-state index contributed by atoms with van der Waals surface area (Å²) in [6.07, 6.45) is -1.31. The third kappa shape index (κ3) is 1.94. The van der Waals surface area contributed by atoms with Crippen LogP contribution in [-0.2, 0) is 15.1 Å². The van der Waals surface area contributed by atoms with Crippen molar-refractivity contribution < 1.29 is 19.4 Å². The number of rotatable bonds is 2. The van der Waals surface area contributed by atoms with Gasteiger partial charge in [0.25, 0.3) is 6.29 Å². The average Bonchev–Trinajstić information content (AvgIpc) is 2.48. The summed E-state index contributed by atoms with van der Waals surface area (Å²) in [4.78, 5) is 11.2. The first kappa shape index (κ1) is 12.7. The third-order valence-electron chi connectivity index (χ3n) is 3.50. The summed E-state index contributed by atoms with van der Waals surface area (Å²) in [5, 5.41) is 9.19. The normalized spacial score (nSPS) is 24.6. The quantitative estimate of drug-likeness (QED) is 0.911. The van der Waals surface area contributed by atoms with Crippen molar-refractivity contribution in [3.63, 3.8) is 0 Å². The summed E-state index contributed by atoms with van der Waals surface area (Å²) in [6.45, 7) is 1.86. The highest BCUT2D eigenvalue weighted by molar-refractivity contribution is 5.72. The zero-order chi connectivity index (χ0) is 14.2. The van der Waals surface area contributed by atoms with Gasteiger partial charge in [-0.1, -0.05) is 48.5 Å². The van der Waals surface area contributed by atoms with Gasteiger partial charge in [0.05, 0.1) is 0 Å². The largest absolute Gasteiger partial charge is 0.477 e. The molecule has 1 heterocycles. The molecule has 2 aromatic carbocycles. The molecule has 1 aliphatic heterocycles. The molecule has 0 amide bonds. The summed E-state index contributed by atoms with van der Waals surface area (Å²) in [5.74, 6) is -0.598. The van der Waals surface area contributed by atoms with Gasteiger partial charge in [-0.15, -0.1) is 0 Å². The number of carboxylic acids is 1. The minimum absolute atomic E-state index is 0.539. The summed E-state index contributed by atoms with van der Waals surface area (Å²) >= 11 is 0. The Hall–Kier alpha value is -2.33. The molecule has 0 fully saturated rings. The first-order valence-electron chi connectivity index (χ1n) is 6.33. The van der Waals surface area contributed by atoms with Crippen molar-refractivity contribution in [2.45, 2.75) is 18.8 Å². The molecule has 102 valence electrons. The van der Waals surface area contributed by atoms with E-state index >= 15 is 0 Å². The summed E-state index contributed by atoms with van der Waals surface area (Å²) in [6, 6.07) is 16.9. The van der Waals surface area contributed by atoms with Gasteiger partial charge in [0.1, 0.15) is 11.4 Å². The van der Waals surface area contributed by atoms with Crippen LogP contribution in [0, 0.1) is 0 Å². The van der Waals surface area contributed by atoms with Crippen LogP contribution in [0.4, 0.5) is 0 Å². The summed E-state index contributed by atoms with van der Waals surface area (Å²) in [7, 11) is 0. The predicted molar refractivity (Wildman–Crippen MR) is 72.5 cm³/mol. The van der Waals surface area contributed by atoms with Gasteiger partial charge in [-0.05, 0) is 18.6 Å². The van der Waals surface area contributed by atoms with E-state index in [9.17, 15) is 9.90 Å². The molecule has 0 saturated heterocycles. The number of hydrogen-bond acceptors (Lipinski definition) is 3. The number of fused-ring (bicyclic) bond motifs is 1. The zero-order valence-electron chi connectivity index (χ0n) is 10.9. The highest BCUT2D eigenvalue weighted by atomic mass is 16.7. The Bertz CT molecular complexity index is 638. The second-order valence-electron chi connectivity index (χ2n) is 4.80. The van der Waals surface area contributed by atoms with Crippen LogP contribution in [0.2, 0.25) is 0 Å². The van der Waals surface area contributed by atoms with Crippen LogP contribution >= 0.6 is 0 Å². The predicted octanol–water partition coefficient (Wildman–Crippen LogP) is 2.77. The molecule has 4 heteroatoms. The van der Waals surface area contributed by atoms with E-state index in [1.165, 1.54) is 0 Å². The molecule has 0 aliphatic carbocycles. The standard InChI is InChI=1S/C16H14O4/c1-16(11-7-3-2-4-8-11)12-9-5-6-10-13(12)19-15(20-16)14(17)18/h2-10,15H,1H3,(H,17,18). The molecule has 3 rings (SSSR count). The minimum atomic E-state index is -1.31. The maximum Gasteiger partial charge on any atom is 0.373 e. The van der Waals surface area contributed by atoms with E-state index in [1.807, 2.05) is 55.5 Å². The van der Waals surface area contributed by atoms with Crippen LogP contribution in [0.5, 0.6) is 5.75 Å². The molecule has 1 aliphatic rings. The van der Waals surface area contributed by atoms with Gasteiger partial charge in [0.15, 0.2) is 0 Å². The Labute approximate surface area is 116 Å². The molecule has 2 unspecified atom stereocenters. The van der Waals surface area contributed by atoms with E-state index in [0.29, 0.717) is 5.75 Å². The number of carboxylic acid groups (broad SMARTS) is 1. The van der Waals surface area contributed by atoms with Crippen LogP contribution in [0.1, 0.15) is 18.1 Å². The SMILES string of the molecule is CC1(c2ccccc2)OC(C(=O)O)Oc2ccccc21. The maximum atomic E-state index is 11.2. The van der Waals surface area contributed by atoms with Gasteiger partial charge < -0.3 is 14.6 Å². The lowest BCUT2D eigenvalue weighted by molar-refractivity contribution is -0.201. The highest BCUT2D eigenvalue weighted by Gasteiger charge is 2.42. The molecule has 1 N–H and O–H groups in total. The smallest absolute Gasteiger partial charge is 0.373 e.